The molecule has 6 rings (SSSR count). The lowest BCUT2D eigenvalue weighted by Crippen LogP contribution is -2.42. The van der Waals surface area contributed by atoms with Crippen molar-refractivity contribution < 1.29 is 18.7 Å². The zero-order valence-corrected chi connectivity index (χ0v) is 28.3. The number of hydrogen-bond donors (Lipinski definition) is 0. The molecule has 4 aromatic carbocycles. The van der Waals surface area contributed by atoms with Crippen LogP contribution in [-0.2, 0) is 25.9 Å². The predicted molar refractivity (Wildman–Crippen MR) is 183 cm³/mol. The minimum absolute atomic E-state index is 0.0438. The fourth-order valence-corrected chi connectivity index (χ4v) is 8.08. The molecule has 45 heavy (non-hydrogen) atoms. The summed E-state index contributed by atoms with van der Waals surface area (Å²) < 4.78 is 19.9. The lowest BCUT2D eigenvalue weighted by atomic mass is 9.80. The maximum Gasteiger partial charge on any atom is 0.339 e. The quantitative estimate of drug-likeness (QED) is 0.0768. The lowest BCUT2D eigenvalue weighted by molar-refractivity contribution is 0.00233. The number of hydrogen-bond acceptors (Lipinski definition) is 4. The second-order valence-electron chi connectivity index (χ2n) is 14.0. The second kappa shape index (κ2) is 12.7. The van der Waals surface area contributed by atoms with Crippen molar-refractivity contribution in [1.29, 1.82) is 0 Å². The number of ether oxygens (including phenoxy) is 2. The molecule has 1 aliphatic heterocycles. The van der Waals surface area contributed by atoms with Crippen LogP contribution in [0.4, 0.5) is 0 Å². The molecule has 234 valence electrons. The van der Waals surface area contributed by atoms with Crippen LogP contribution in [0.1, 0.15) is 102 Å². The number of rotatable bonds is 10. The summed E-state index contributed by atoms with van der Waals surface area (Å²) in [6.07, 6.45) is 4.16. The number of benzene rings is 4. The minimum Gasteiger partial charge on any atom is -0.454 e. The van der Waals surface area contributed by atoms with E-state index >= 15 is 0 Å². The molecule has 4 nitrogen and oxygen atoms in total. The highest BCUT2D eigenvalue weighted by atomic mass is 28.4. The normalized spacial score (nSPS) is 18.3. The maximum absolute atomic E-state index is 13.4. The molecule has 5 heteroatoms. The summed E-state index contributed by atoms with van der Waals surface area (Å²) in [6.45, 7) is 12.0. The highest BCUT2D eigenvalue weighted by Gasteiger charge is 2.42. The molecule has 0 saturated carbocycles. The van der Waals surface area contributed by atoms with Crippen LogP contribution in [-0.4, -0.2) is 20.9 Å². The molecule has 2 unspecified atom stereocenters. The smallest absolute Gasteiger partial charge is 0.339 e. The van der Waals surface area contributed by atoms with Gasteiger partial charge in [-0.1, -0.05) is 124 Å². The Labute approximate surface area is 269 Å². The lowest BCUT2D eigenvalue weighted by Gasteiger charge is -2.41. The molecule has 0 saturated heterocycles. The summed E-state index contributed by atoms with van der Waals surface area (Å²) in [5.41, 5.74) is 6.63. The van der Waals surface area contributed by atoms with E-state index in [-0.39, 0.29) is 23.2 Å². The van der Waals surface area contributed by atoms with Gasteiger partial charge in [0.05, 0.1) is 11.7 Å². The van der Waals surface area contributed by atoms with Gasteiger partial charge in [0.2, 0.25) is 0 Å². The molecule has 2 aliphatic rings. The van der Waals surface area contributed by atoms with Crippen molar-refractivity contribution in [1.82, 2.24) is 0 Å². The largest absolute Gasteiger partial charge is 0.454 e. The standard InChI is InChI=1S/C40H46O4Si/c1-39(2,3)45(4,5)44-36-24-15-23-33-32(36)26-27-34-35(43-38(41)37(33)34)25-16-28-42-40(29-17-9-6-10-18-29,30-19-11-7-12-20-30)31-21-13-8-14-22-31/h6-14,17-22,26-27,35-36H,15-16,23-25,28H2,1-5H3. The Morgan fingerprint density at radius 1 is 0.778 bits per heavy atom. The average Bonchev–Trinajstić information content (AvgIpc) is 3.37. The van der Waals surface area contributed by atoms with Crippen LogP contribution in [0.15, 0.2) is 103 Å². The highest BCUT2D eigenvalue weighted by molar-refractivity contribution is 6.74. The fourth-order valence-electron chi connectivity index (χ4n) is 6.77. The summed E-state index contributed by atoms with van der Waals surface area (Å²) in [4.78, 5) is 13.4. The SMILES string of the molecule is CC(C)(C)[Si](C)(C)OC1CCCc2c1ccc1c2C(=O)OC1CCCOC(c1ccccc1)(c1ccccc1)c1ccccc1. The monoisotopic (exact) mass is 618 g/mol. The van der Waals surface area contributed by atoms with E-state index in [9.17, 15) is 4.79 Å². The molecule has 0 spiro atoms. The summed E-state index contributed by atoms with van der Waals surface area (Å²) in [5, 5.41) is 0.132. The van der Waals surface area contributed by atoms with E-state index in [4.69, 9.17) is 13.9 Å². The van der Waals surface area contributed by atoms with Gasteiger partial charge in [-0.25, -0.2) is 4.79 Å². The number of carbonyl (C=O) groups excluding carboxylic acids is 1. The number of carbonyl (C=O) groups is 1. The maximum atomic E-state index is 13.4. The van der Waals surface area contributed by atoms with Crippen molar-refractivity contribution in [3.63, 3.8) is 0 Å². The second-order valence-corrected chi connectivity index (χ2v) is 18.8. The fraction of sp³-hybridized carbons (Fsp3) is 0.375. The van der Waals surface area contributed by atoms with E-state index < -0.39 is 13.9 Å². The molecule has 0 aromatic heterocycles. The molecule has 0 fully saturated rings. The molecule has 0 N–H and O–H groups in total. The van der Waals surface area contributed by atoms with Gasteiger partial charge in [0, 0.05) is 12.2 Å². The van der Waals surface area contributed by atoms with Crippen LogP contribution in [0, 0.1) is 0 Å². The summed E-state index contributed by atoms with van der Waals surface area (Å²) in [6, 6.07) is 35.7. The molecule has 1 aliphatic carbocycles. The number of cyclic esters (lactones) is 1. The zero-order valence-electron chi connectivity index (χ0n) is 27.3. The first-order valence-corrected chi connectivity index (χ1v) is 19.4. The van der Waals surface area contributed by atoms with Crippen molar-refractivity contribution in [2.45, 2.75) is 88.8 Å². The molecular formula is C40H46O4Si. The van der Waals surface area contributed by atoms with E-state index in [0.717, 1.165) is 59.1 Å². The van der Waals surface area contributed by atoms with Gasteiger partial charge in [-0.05, 0) is 78.1 Å². The zero-order chi connectivity index (χ0) is 31.7. The third-order valence-corrected chi connectivity index (χ3v) is 14.6. The van der Waals surface area contributed by atoms with Gasteiger partial charge in [0.1, 0.15) is 11.7 Å². The first kappa shape index (κ1) is 31.5. The molecule has 0 amide bonds. The van der Waals surface area contributed by atoms with Crippen LogP contribution >= 0.6 is 0 Å². The Bertz CT molecular complexity index is 1510. The van der Waals surface area contributed by atoms with Gasteiger partial charge in [-0.15, -0.1) is 0 Å². The Kier molecular flexibility index (Phi) is 8.89. The Morgan fingerprint density at radius 2 is 1.31 bits per heavy atom. The van der Waals surface area contributed by atoms with Gasteiger partial charge >= 0.3 is 5.97 Å². The van der Waals surface area contributed by atoms with Gasteiger partial charge in [0.25, 0.3) is 0 Å². The molecule has 0 bridgehead atoms. The van der Waals surface area contributed by atoms with E-state index in [2.05, 4.69) is 119 Å². The predicted octanol–water partition coefficient (Wildman–Crippen LogP) is 10.1. The van der Waals surface area contributed by atoms with Crippen molar-refractivity contribution >= 4 is 14.3 Å². The van der Waals surface area contributed by atoms with Crippen LogP contribution in [0.2, 0.25) is 18.1 Å². The van der Waals surface area contributed by atoms with E-state index in [1.54, 1.807) is 0 Å². The minimum atomic E-state index is -1.96. The van der Waals surface area contributed by atoms with Crippen LogP contribution in [0.25, 0.3) is 0 Å². The third-order valence-electron chi connectivity index (χ3n) is 10.1. The van der Waals surface area contributed by atoms with Crippen molar-refractivity contribution in [2.75, 3.05) is 6.61 Å². The topological polar surface area (TPSA) is 44.8 Å². The Hall–Kier alpha value is -3.51. The van der Waals surface area contributed by atoms with E-state index in [0.29, 0.717) is 13.0 Å². The Morgan fingerprint density at radius 3 is 1.84 bits per heavy atom. The van der Waals surface area contributed by atoms with E-state index in [1.807, 2.05) is 18.2 Å². The van der Waals surface area contributed by atoms with Gasteiger partial charge in [-0.2, -0.15) is 0 Å². The molecule has 2 atom stereocenters. The highest BCUT2D eigenvalue weighted by Crippen LogP contribution is 2.46. The van der Waals surface area contributed by atoms with Crippen molar-refractivity contribution in [3.8, 4) is 0 Å². The van der Waals surface area contributed by atoms with Crippen LogP contribution in [0.3, 0.4) is 0 Å². The van der Waals surface area contributed by atoms with E-state index in [1.165, 1.54) is 5.56 Å². The van der Waals surface area contributed by atoms with Gasteiger partial charge in [0.15, 0.2) is 8.32 Å². The number of esters is 1. The average molecular weight is 619 g/mol. The molecule has 4 aromatic rings. The summed E-state index contributed by atoms with van der Waals surface area (Å²) in [7, 11) is -1.96. The van der Waals surface area contributed by atoms with Crippen molar-refractivity contribution in [2.24, 2.45) is 0 Å². The third kappa shape index (κ3) is 6.06. The molecular weight excluding hydrogens is 573 g/mol. The summed E-state index contributed by atoms with van der Waals surface area (Å²) in [5.74, 6) is -0.187. The molecule has 1 heterocycles. The molecule has 0 radical (unpaired) electrons. The first-order valence-electron chi connectivity index (χ1n) is 16.5. The van der Waals surface area contributed by atoms with Gasteiger partial charge in [-0.3, -0.25) is 0 Å². The Balaban J connectivity index is 1.23. The number of fused-ring (bicyclic) bond motifs is 3. The van der Waals surface area contributed by atoms with Crippen LogP contribution in [0.5, 0.6) is 0 Å². The van der Waals surface area contributed by atoms with Crippen molar-refractivity contribution in [3.05, 3.63) is 142 Å². The van der Waals surface area contributed by atoms with Gasteiger partial charge < -0.3 is 13.9 Å². The van der Waals surface area contributed by atoms with Crippen LogP contribution < -0.4 is 0 Å². The summed E-state index contributed by atoms with van der Waals surface area (Å²) >= 11 is 0. The first-order chi connectivity index (χ1) is 21.6.